The van der Waals surface area contributed by atoms with E-state index in [-0.39, 0.29) is 0 Å². The van der Waals surface area contributed by atoms with Crippen LogP contribution in [-0.2, 0) is 0 Å². The molecular weight excluding hydrogens is 549 g/mol. The summed E-state index contributed by atoms with van der Waals surface area (Å²) in [4.78, 5) is 0. The summed E-state index contributed by atoms with van der Waals surface area (Å²) in [7, 11) is -2.33. The van der Waals surface area contributed by atoms with Gasteiger partial charge in [-0.3, -0.25) is 0 Å². The number of thiol groups is 6. The molecule has 0 unspecified atom stereocenters. The molecule has 0 spiro atoms. The lowest BCUT2D eigenvalue weighted by Gasteiger charge is -2.33. The predicted octanol–water partition coefficient (Wildman–Crippen LogP) is 9.75. The van der Waals surface area contributed by atoms with Crippen LogP contribution in [0.15, 0.2) is 0 Å². The van der Waals surface area contributed by atoms with Crippen LogP contribution in [0.4, 0.5) is 0 Å². The second-order valence-corrected chi connectivity index (χ2v) is 22.9. The molecule has 0 rings (SSSR count). The topological polar surface area (TPSA) is 0 Å². The van der Waals surface area contributed by atoms with Gasteiger partial charge in [0.15, 0.2) is 0 Å². The fourth-order valence-corrected chi connectivity index (χ4v) is 19.0. The van der Waals surface area contributed by atoms with Gasteiger partial charge in [0.2, 0.25) is 0 Å². The van der Waals surface area contributed by atoms with Gasteiger partial charge in [-0.25, -0.2) is 0 Å². The third kappa shape index (κ3) is 18.4. The van der Waals surface area contributed by atoms with Gasteiger partial charge in [0.05, 0.1) is 16.1 Å². The molecule has 0 aliphatic heterocycles. The van der Waals surface area contributed by atoms with E-state index in [0.29, 0.717) is 0 Å². The number of rotatable bonds is 26. The van der Waals surface area contributed by atoms with E-state index in [1.54, 1.807) is 0 Å². The van der Waals surface area contributed by atoms with Crippen LogP contribution >= 0.6 is 75.8 Å². The molecule has 0 aliphatic carbocycles. The summed E-state index contributed by atoms with van der Waals surface area (Å²) in [5, 5.41) is 0. The van der Waals surface area contributed by atoms with Gasteiger partial charge in [-0.15, -0.1) is 0 Å². The SMILES string of the molecule is SCCC[Si](CCCS)(CCCS)CCCCCCC[Si](CCCS)(CCCS)CCCS. The molecule has 0 radical (unpaired) electrons. The molecule has 33 heavy (non-hydrogen) atoms. The Morgan fingerprint density at radius 2 is 0.424 bits per heavy atom. The maximum absolute atomic E-state index is 4.53. The zero-order chi connectivity index (χ0) is 24.7. The minimum atomic E-state index is -1.16. The first kappa shape index (κ1) is 35.5. The van der Waals surface area contributed by atoms with Crippen molar-refractivity contribution < 1.29 is 0 Å². The van der Waals surface area contributed by atoms with Crippen molar-refractivity contribution in [2.75, 3.05) is 34.5 Å². The Hall–Kier alpha value is 2.53. The van der Waals surface area contributed by atoms with Crippen LogP contribution in [-0.4, -0.2) is 50.7 Å². The molecule has 0 nitrogen and oxygen atoms in total. The van der Waals surface area contributed by atoms with Gasteiger partial charge in [-0.2, -0.15) is 75.8 Å². The summed E-state index contributed by atoms with van der Waals surface area (Å²) in [6.07, 6.45) is 15.1. The first-order valence-corrected chi connectivity index (χ1v) is 23.2. The summed E-state index contributed by atoms with van der Waals surface area (Å²) in [6.45, 7) is 0. The minimum Gasteiger partial charge on any atom is -0.179 e. The Balaban J connectivity index is 4.60. The van der Waals surface area contributed by atoms with Gasteiger partial charge >= 0.3 is 0 Å². The third-order valence-electron chi connectivity index (χ3n) is 7.61. The van der Waals surface area contributed by atoms with E-state index in [1.807, 2.05) is 0 Å². The number of hydrogen-bond acceptors (Lipinski definition) is 6. The molecule has 0 bridgehead atoms. The zero-order valence-electron chi connectivity index (χ0n) is 21.4. The van der Waals surface area contributed by atoms with Gasteiger partial charge in [-0.1, -0.05) is 80.5 Å². The molecule has 0 aromatic heterocycles. The Morgan fingerprint density at radius 1 is 0.242 bits per heavy atom. The maximum atomic E-state index is 4.53. The average Bonchev–Trinajstić information content (AvgIpc) is 2.84. The van der Waals surface area contributed by atoms with Crippen LogP contribution in [0, 0.1) is 0 Å². The smallest absolute Gasteiger partial charge is 0.0536 e. The predicted molar refractivity (Wildman–Crippen MR) is 184 cm³/mol. The highest BCUT2D eigenvalue weighted by Gasteiger charge is 2.31. The van der Waals surface area contributed by atoms with Crippen molar-refractivity contribution in [3.63, 3.8) is 0 Å². The molecule has 0 saturated heterocycles. The van der Waals surface area contributed by atoms with Crippen molar-refractivity contribution in [3.05, 3.63) is 0 Å². The monoisotopic (exact) mass is 604 g/mol. The van der Waals surface area contributed by atoms with Crippen molar-refractivity contribution in [1.82, 2.24) is 0 Å². The lowest BCUT2D eigenvalue weighted by Crippen LogP contribution is -2.34. The summed E-state index contributed by atoms with van der Waals surface area (Å²) in [5.74, 6) is 6.31. The summed E-state index contributed by atoms with van der Waals surface area (Å²) >= 11 is 27.2. The quantitative estimate of drug-likeness (QED) is 0.0316. The Labute approximate surface area is 243 Å². The van der Waals surface area contributed by atoms with Crippen LogP contribution in [0.2, 0.25) is 48.4 Å². The molecule has 0 aliphatic rings. The summed E-state index contributed by atoms with van der Waals surface area (Å²) in [5.41, 5.74) is 0. The standard InChI is InChI=1S/C25H56S6Si2/c26-12-6-20-32(21-7-13-27,22-8-14-28)18-4-2-1-3-5-19-33(23-9-15-29,24-10-16-30)25-11-17-31/h26-31H,1-25H2. The van der Waals surface area contributed by atoms with E-state index in [2.05, 4.69) is 75.8 Å². The van der Waals surface area contributed by atoms with Crippen LogP contribution in [0.5, 0.6) is 0 Å². The molecule has 0 N–H and O–H groups in total. The van der Waals surface area contributed by atoms with Crippen LogP contribution in [0.25, 0.3) is 0 Å². The Kier molecular flexibility index (Phi) is 26.8. The fourth-order valence-electron chi connectivity index (χ4n) is 5.75. The first-order valence-electron chi connectivity index (χ1n) is 13.7. The van der Waals surface area contributed by atoms with Gasteiger partial charge in [-0.05, 0) is 73.0 Å². The van der Waals surface area contributed by atoms with Gasteiger partial charge < -0.3 is 0 Å². The summed E-state index contributed by atoms with van der Waals surface area (Å²) < 4.78 is 0. The lowest BCUT2D eigenvalue weighted by atomic mass is 10.2. The van der Waals surface area contributed by atoms with E-state index in [9.17, 15) is 0 Å². The van der Waals surface area contributed by atoms with Crippen molar-refractivity contribution in [2.45, 2.75) is 119 Å². The number of hydrogen-bond donors (Lipinski definition) is 6. The van der Waals surface area contributed by atoms with E-state index in [0.717, 1.165) is 34.5 Å². The van der Waals surface area contributed by atoms with E-state index >= 15 is 0 Å². The Morgan fingerprint density at radius 3 is 0.636 bits per heavy atom. The third-order valence-corrected chi connectivity index (χ3v) is 20.8. The molecule has 0 fully saturated rings. The zero-order valence-corrected chi connectivity index (χ0v) is 28.7. The minimum absolute atomic E-state index is 1.05. The van der Waals surface area contributed by atoms with Gasteiger partial charge in [0.1, 0.15) is 0 Å². The second kappa shape index (κ2) is 24.8. The van der Waals surface area contributed by atoms with Crippen molar-refractivity contribution in [1.29, 1.82) is 0 Å². The number of unbranched alkanes of at least 4 members (excludes halogenated alkanes) is 4. The molecule has 0 saturated carbocycles. The van der Waals surface area contributed by atoms with Crippen LogP contribution in [0.1, 0.15) is 70.6 Å². The molecule has 0 heterocycles. The van der Waals surface area contributed by atoms with Gasteiger partial charge in [0.25, 0.3) is 0 Å². The Bertz CT molecular complexity index is 335. The normalized spacial score (nSPS) is 12.5. The van der Waals surface area contributed by atoms with Crippen molar-refractivity contribution >= 4 is 91.9 Å². The molecular formula is C25H56S6Si2. The van der Waals surface area contributed by atoms with Crippen molar-refractivity contribution in [2.24, 2.45) is 0 Å². The first-order chi connectivity index (χ1) is 16.1. The molecule has 200 valence electrons. The molecule has 8 heteroatoms. The van der Waals surface area contributed by atoms with Crippen molar-refractivity contribution in [3.8, 4) is 0 Å². The molecule has 0 amide bonds. The van der Waals surface area contributed by atoms with Crippen LogP contribution in [0.3, 0.4) is 0 Å². The molecule has 0 aromatic carbocycles. The fraction of sp³-hybridized carbons (Fsp3) is 1.00. The van der Waals surface area contributed by atoms with E-state index in [1.165, 1.54) is 119 Å². The highest BCUT2D eigenvalue weighted by atomic mass is 32.1. The van der Waals surface area contributed by atoms with Crippen LogP contribution < -0.4 is 0 Å². The van der Waals surface area contributed by atoms with E-state index < -0.39 is 16.1 Å². The maximum Gasteiger partial charge on any atom is 0.0536 e. The average molecular weight is 605 g/mol. The molecule has 0 atom stereocenters. The second-order valence-electron chi connectivity index (χ2n) is 10.2. The summed E-state index contributed by atoms with van der Waals surface area (Å²) in [6, 6.07) is 11.9. The van der Waals surface area contributed by atoms with Gasteiger partial charge in [0, 0.05) is 0 Å². The highest BCUT2D eigenvalue weighted by Crippen LogP contribution is 2.35. The lowest BCUT2D eigenvalue weighted by molar-refractivity contribution is 0.643. The largest absolute Gasteiger partial charge is 0.179 e. The van der Waals surface area contributed by atoms with E-state index in [4.69, 9.17) is 0 Å². The molecule has 0 aromatic rings. The highest BCUT2D eigenvalue weighted by molar-refractivity contribution is 7.81.